The summed E-state index contributed by atoms with van der Waals surface area (Å²) in [7, 11) is 0. The van der Waals surface area contributed by atoms with Gasteiger partial charge in [0, 0.05) is 74.6 Å². The Bertz CT molecular complexity index is 1340. The first kappa shape index (κ1) is 27.0. The van der Waals surface area contributed by atoms with Gasteiger partial charge in [0.05, 0.1) is 30.2 Å². The number of thiophene rings is 1. The number of nitrogens with zero attached hydrogens (tertiary/aromatic N) is 5. The second kappa shape index (κ2) is 11.0. The number of aromatic nitrogens is 1. The molecule has 12 heteroatoms. The molecule has 0 aromatic carbocycles. The number of pyridine rings is 1. The zero-order valence-electron chi connectivity index (χ0n) is 23.0. The van der Waals surface area contributed by atoms with Crippen molar-refractivity contribution in [1.29, 1.82) is 10.7 Å². The molecule has 11 nitrogen and oxygen atoms in total. The highest BCUT2D eigenvalue weighted by Gasteiger charge is 2.43. The maximum absolute atomic E-state index is 13.8. The Kier molecular flexibility index (Phi) is 7.39. The van der Waals surface area contributed by atoms with Crippen LogP contribution in [0.4, 0.5) is 16.5 Å². The second-order valence-corrected chi connectivity index (χ2v) is 12.4. The van der Waals surface area contributed by atoms with E-state index < -0.39 is 5.41 Å². The second-order valence-electron chi connectivity index (χ2n) is 11.3. The molecule has 1 aliphatic carbocycles. The Morgan fingerprint density at radius 1 is 1.23 bits per heavy atom. The van der Waals surface area contributed by atoms with Crippen LogP contribution in [0.5, 0.6) is 0 Å². The van der Waals surface area contributed by atoms with Crippen molar-refractivity contribution in [2.75, 3.05) is 81.1 Å². The molecule has 40 heavy (non-hydrogen) atoms. The summed E-state index contributed by atoms with van der Waals surface area (Å²) in [4.78, 5) is 26.7. The molecule has 0 bridgehead atoms. The number of nitrogens with two attached hydrogens (primary N) is 1. The Morgan fingerprint density at radius 2 is 1.98 bits per heavy atom. The van der Waals surface area contributed by atoms with Crippen molar-refractivity contribution in [2.45, 2.75) is 37.6 Å². The van der Waals surface area contributed by atoms with Gasteiger partial charge in [-0.1, -0.05) is 0 Å². The zero-order valence-corrected chi connectivity index (χ0v) is 23.8. The van der Waals surface area contributed by atoms with Gasteiger partial charge in [-0.3, -0.25) is 15.1 Å². The van der Waals surface area contributed by atoms with E-state index in [1.807, 2.05) is 13.0 Å². The van der Waals surface area contributed by atoms with Crippen molar-refractivity contribution in [2.24, 2.45) is 0 Å². The van der Waals surface area contributed by atoms with Gasteiger partial charge in [-0.05, 0) is 32.3 Å². The molecule has 6 rings (SSSR count). The number of carbonyl (C=O) groups excluding carboxylic acids is 1. The Balaban J connectivity index is 1.25. The molecule has 3 fully saturated rings. The van der Waals surface area contributed by atoms with E-state index in [9.17, 15) is 10.1 Å². The number of hydrogen-bond donors (Lipinski definition) is 4. The monoisotopic (exact) mass is 563 g/mol. The van der Waals surface area contributed by atoms with E-state index in [1.165, 1.54) is 11.3 Å². The fourth-order valence-electron chi connectivity index (χ4n) is 6.29. The molecule has 5 heterocycles. The molecule has 212 valence electrons. The van der Waals surface area contributed by atoms with Crippen molar-refractivity contribution < 1.29 is 9.53 Å². The van der Waals surface area contributed by atoms with Gasteiger partial charge in [0.2, 0.25) is 5.91 Å². The number of aryl methyl sites for hydroxylation is 1. The van der Waals surface area contributed by atoms with Gasteiger partial charge in [-0.15, -0.1) is 11.3 Å². The topological polar surface area (TPSA) is 147 Å². The molecular formula is C28H37N9O2S. The van der Waals surface area contributed by atoms with Crippen LogP contribution in [0.25, 0.3) is 0 Å². The van der Waals surface area contributed by atoms with E-state index in [0.717, 1.165) is 100 Å². The fourth-order valence-corrected chi connectivity index (χ4v) is 7.48. The molecule has 3 saturated heterocycles. The molecule has 0 radical (unpaired) electrons. The number of hydrogen-bond acceptors (Lipinski definition) is 11. The summed E-state index contributed by atoms with van der Waals surface area (Å²) in [6, 6.07) is 6.77. The lowest BCUT2D eigenvalue weighted by molar-refractivity contribution is -0.125. The van der Waals surface area contributed by atoms with Crippen LogP contribution < -0.4 is 26.2 Å². The third-order valence-electron chi connectivity index (χ3n) is 8.80. The third-order valence-corrected chi connectivity index (χ3v) is 9.88. The SMILES string of the molecule is CC1(C(=O)NC(=N)c2cc(N3CCNCC3)cc(N3CCN(C4COC4)CC3)n2)CCCc2sc(N)c(C#N)c21. The van der Waals surface area contributed by atoms with Crippen molar-refractivity contribution >= 4 is 39.6 Å². The number of fused-ring (bicyclic) bond motifs is 1. The van der Waals surface area contributed by atoms with Gasteiger partial charge in [-0.25, -0.2) is 4.98 Å². The number of nitrogen functional groups attached to an aromatic ring is 1. The van der Waals surface area contributed by atoms with Gasteiger partial charge in [0.15, 0.2) is 5.84 Å². The average molecular weight is 564 g/mol. The summed E-state index contributed by atoms with van der Waals surface area (Å²) in [6.45, 7) is 10.6. The Morgan fingerprint density at radius 3 is 2.65 bits per heavy atom. The van der Waals surface area contributed by atoms with Gasteiger partial charge < -0.3 is 30.9 Å². The Labute approximate surface area is 238 Å². The summed E-state index contributed by atoms with van der Waals surface area (Å²) < 4.78 is 5.38. The smallest absolute Gasteiger partial charge is 0.236 e. The molecule has 1 unspecified atom stereocenters. The summed E-state index contributed by atoms with van der Waals surface area (Å²) in [5.74, 6) is 0.515. The van der Waals surface area contributed by atoms with E-state index in [-0.39, 0.29) is 11.7 Å². The van der Waals surface area contributed by atoms with E-state index >= 15 is 0 Å². The first-order chi connectivity index (χ1) is 19.4. The van der Waals surface area contributed by atoms with E-state index in [4.69, 9.17) is 20.9 Å². The van der Waals surface area contributed by atoms with Crippen molar-refractivity contribution in [3.8, 4) is 6.07 Å². The van der Waals surface area contributed by atoms with Crippen LogP contribution in [0.15, 0.2) is 12.1 Å². The molecular weight excluding hydrogens is 526 g/mol. The normalized spacial score (nSPS) is 23.7. The minimum Gasteiger partial charge on any atom is -0.389 e. The van der Waals surface area contributed by atoms with E-state index in [2.05, 4.69) is 37.5 Å². The quantitative estimate of drug-likeness (QED) is 0.312. The molecule has 4 aliphatic rings. The highest BCUT2D eigenvalue weighted by molar-refractivity contribution is 7.16. The third kappa shape index (κ3) is 4.92. The number of anilines is 3. The van der Waals surface area contributed by atoms with Crippen molar-refractivity contribution in [1.82, 2.24) is 20.5 Å². The van der Waals surface area contributed by atoms with Crippen LogP contribution >= 0.6 is 11.3 Å². The fraction of sp³-hybridized carbons (Fsp3) is 0.571. The number of amidine groups is 1. The molecule has 5 N–H and O–H groups in total. The van der Waals surface area contributed by atoms with Gasteiger partial charge in [-0.2, -0.15) is 5.26 Å². The summed E-state index contributed by atoms with van der Waals surface area (Å²) in [5, 5.41) is 25.5. The predicted molar refractivity (Wildman–Crippen MR) is 156 cm³/mol. The minimum atomic E-state index is -0.931. The summed E-state index contributed by atoms with van der Waals surface area (Å²) >= 11 is 1.40. The number of ether oxygens (including phenoxy) is 1. The Hall–Kier alpha value is -3.24. The summed E-state index contributed by atoms with van der Waals surface area (Å²) in [6.07, 6.45) is 2.24. The van der Waals surface area contributed by atoms with Crippen LogP contribution in [0, 0.1) is 16.7 Å². The van der Waals surface area contributed by atoms with E-state index in [1.54, 1.807) is 0 Å². The van der Waals surface area contributed by atoms with Crippen LogP contribution in [0.3, 0.4) is 0 Å². The van der Waals surface area contributed by atoms with Gasteiger partial charge in [0.1, 0.15) is 22.6 Å². The van der Waals surface area contributed by atoms with E-state index in [0.29, 0.717) is 28.7 Å². The first-order valence-electron chi connectivity index (χ1n) is 14.1. The van der Waals surface area contributed by atoms with Crippen LogP contribution in [-0.2, 0) is 21.4 Å². The molecule has 1 atom stereocenters. The minimum absolute atomic E-state index is 0.0245. The maximum Gasteiger partial charge on any atom is 0.236 e. The number of nitrogens with one attached hydrogen (secondary N) is 3. The number of amides is 1. The van der Waals surface area contributed by atoms with Crippen LogP contribution in [-0.4, -0.2) is 93.2 Å². The lowest BCUT2D eigenvalue weighted by atomic mass is 9.72. The number of piperazine rings is 2. The largest absolute Gasteiger partial charge is 0.389 e. The highest BCUT2D eigenvalue weighted by Crippen LogP contribution is 2.45. The molecule has 0 saturated carbocycles. The number of rotatable bonds is 5. The summed E-state index contributed by atoms with van der Waals surface area (Å²) in [5.41, 5.74) is 7.80. The number of nitriles is 1. The van der Waals surface area contributed by atoms with Gasteiger partial charge >= 0.3 is 0 Å². The molecule has 2 aromatic rings. The highest BCUT2D eigenvalue weighted by atomic mass is 32.1. The average Bonchev–Trinajstić information content (AvgIpc) is 3.29. The van der Waals surface area contributed by atoms with Crippen LogP contribution in [0.2, 0.25) is 0 Å². The first-order valence-corrected chi connectivity index (χ1v) is 15.0. The molecule has 1 amide bonds. The van der Waals surface area contributed by atoms with Crippen molar-refractivity contribution in [3.05, 3.63) is 33.8 Å². The predicted octanol–water partition coefficient (Wildman–Crippen LogP) is 1.26. The standard InChI is InChI=1S/C28H37N9O2S/c1-28(4-2-3-22-24(28)20(15-29)26(31)40-22)27(38)34-25(30)21-13-18(35-7-5-32-6-8-35)14-23(33-21)37-11-9-36(10-12-37)19-16-39-17-19/h13-14,19,32H,2-12,16-17,31H2,1H3,(H2,30,34,38). The molecule has 3 aliphatic heterocycles. The van der Waals surface area contributed by atoms with Crippen molar-refractivity contribution in [3.63, 3.8) is 0 Å². The van der Waals surface area contributed by atoms with Gasteiger partial charge in [0.25, 0.3) is 0 Å². The number of carbonyl (C=O) groups is 1. The molecule has 0 spiro atoms. The lowest BCUT2D eigenvalue weighted by Gasteiger charge is -2.43. The lowest BCUT2D eigenvalue weighted by Crippen LogP contribution is -2.56. The zero-order chi connectivity index (χ0) is 27.9. The maximum atomic E-state index is 13.8. The van der Waals surface area contributed by atoms with Crippen LogP contribution in [0.1, 0.15) is 41.5 Å². The molecule has 2 aromatic heterocycles.